The summed E-state index contributed by atoms with van der Waals surface area (Å²) in [6.07, 6.45) is -0.515. The van der Waals surface area contributed by atoms with Gasteiger partial charge in [-0.25, -0.2) is 0 Å². The van der Waals surface area contributed by atoms with Crippen LogP contribution in [0.2, 0.25) is 5.02 Å². The van der Waals surface area contributed by atoms with Crippen LogP contribution in [0.4, 0.5) is 0 Å². The van der Waals surface area contributed by atoms with Gasteiger partial charge < -0.3 is 14.7 Å². The van der Waals surface area contributed by atoms with Crippen molar-refractivity contribution in [3.05, 3.63) is 29.3 Å². The molecule has 0 saturated heterocycles. The number of aliphatic hydroxyl groups is 1. The molecule has 1 aromatic carbocycles. The molecule has 120 valence electrons. The van der Waals surface area contributed by atoms with Gasteiger partial charge in [-0.05, 0) is 24.0 Å². The van der Waals surface area contributed by atoms with Crippen LogP contribution < -0.4 is 4.74 Å². The van der Waals surface area contributed by atoms with Crippen molar-refractivity contribution < 1.29 is 9.84 Å². The van der Waals surface area contributed by atoms with E-state index in [9.17, 15) is 5.11 Å². The van der Waals surface area contributed by atoms with Gasteiger partial charge in [0, 0.05) is 19.6 Å². The van der Waals surface area contributed by atoms with Crippen molar-refractivity contribution in [1.82, 2.24) is 4.90 Å². The highest BCUT2D eigenvalue weighted by Gasteiger charge is 2.15. The van der Waals surface area contributed by atoms with Gasteiger partial charge in [-0.1, -0.05) is 51.4 Å². The third-order valence-corrected chi connectivity index (χ3v) is 3.30. The highest BCUT2D eigenvalue weighted by molar-refractivity contribution is 6.32. The second kappa shape index (κ2) is 9.29. The molecule has 0 saturated carbocycles. The monoisotopic (exact) mass is 313 g/mol. The Morgan fingerprint density at radius 2 is 1.62 bits per heavy atom. The minimum Gasteiger partial charge on any atom is -0.489 e. The Balaban J connectivity index is 2.46. The van der Waals surface area contributed by atoms with Crippen molar-refractivity contribution in [3.63, 3.8) is 0 Å². The lowest BCUT2D eigenvalue weighted by molar-refractivity contribution is 0.0601. The van der Waals surface area contributed by atoms with Crippen LogP contribution in [0.25, 0.3) is 0 Å². The fourth-order valence-corrected chi connectivity index (χ4v) is 2.55. The number of benzene rings is 1. The summed E-state index contributed by atoms with van der Waals surface area (Å²) >= 11 is 6.03. The van der Waals surface area contributed by atoms with E-state index in [-0.39, 0.29) is 6.61 Å². The van der Waals surface area contributed by atoms with Gasteiger partial charge in [0.25, 0.3) is 0 Å². The van der Waals surface area contributed by atoms with E-state index >= 15 is 0 Å². The zero-order valence-electron chi connectivity index (χ0n) is 13.6. The summed E-state index contributed by atoms with van der Waals surface area (Å²) in [5.74, 6) is 1.79. The highest BCUT2D eigenvalue weighted by Crippen LogP contribution is 2.23. The molecule has 0 radical (unpaired) electrons. The number of ether oxygens (including phenoxy) is 1. The molecular weight excluding hydrogens is 286 g/mol. The molecule has 1 N–H and O–H groups in total. The first-order valence-corrected chi connectivity index (χ1v) is 8.04. The topological polar surface area (TPSA) is 32.7 Å². The molecule has 0 fully saturated rings. The van der Waals surface area contributed by atoms with E-state index in [2.05, 4.69) is 32.6 Å². The smallest absolute Gasteiger partial charge is 0.138 e. The zero-order chi connectivity index (χ0) is 15.8. The van der Waals surface area contributed by atoms with Gasteiger partial charge in [0.05, 0.1) is 5.02 Å². The van der Waals surface area contributed by atoms with E-state index in [0.717, 1.165) is 13.1 Å². The fourth-order valence-electron chi connectivity index (χ4n) is 2.35. The Kier molecular flexibility index (Phi) is 8.09. The second-order valence-electron chi connectivity index (χ2n) is 6.40. The Hall–Kier alpha value is -0.770. The molecule has 0 aliphatic rings. The molecule has 0 bridgehead atoms. The number of para-hydroxylation sites is 1. The second-order valence-corrected chi connectivity index (χ2v) is 6.81. The molecule has 1 rings (SSSR count). The van der Waals surface area contributed by atoms with E-state index in [1.165, 1.54) is 0 Å². The Bertz CT molecular complexity index is 400. The van der Waals surface area contributed by atoms with Gasteiger partial charge in [0.2, 0.25) is 0 Å². The van der Waals surface area contributed by atoms with Crippen molar-refractivity contribution in [1.29, 1.82) is 0 Å². The summed E-state index contributed by atoms with van der Waals surface area (Å²) in [7, 11) is 0. The van der Waals surface area contributed by atoms with E-state index in [0.29, 0.717) is 29.2 Å². The van der Waals surface area contributed by atoms with Crippen LogP contribution in [0, 0.1) is 11.8 Å². The van der Waals surface area contributed by atoms with Gasteiger partial charge in [-0.15, -0.1) is 0 Å². The van der Waals surface area contributed by atoms with E-state index in [1.54, 1.807) is 6.07 Å². The maximum Gasteiger partial charge on any atom is 0.138 e. The number of nitrogens with zero attached hydrogens (tertiary/aromatic N) is 1. The maximum absolute atomic E-state index is 10.2. The van der Waals surface area contributed by atoms with Crippen molar-refractivity contribution in [2.24, 2.45) is 11.8 Å². The van der Waals surface area contributed by atoms with E-state index in [4.69, 9.17) is 16.3 Å². The molecule has 3 nitrogen and oxygen atoms in total. The molecule has 0 spiro atoms. The summed E-state index contributed by atoms with van der Waals surface area (Å²) in [4.78, 5) is 2.30. The predicted octanol–water partition coefficient (Wildman–Crippen LogP) is 3.69. The standard InChI is InChI=1S/C17H28ClNO2/c1-13(2)9-19(10-14(3)4)11-15(20)12-21-17-8-6-5-7-16(17)18/h5-8,13-15,20H,9-12H2,1-4H3/t15-/m1/s1. The lowest BCUT2D eigenvalue weighted by Gasteiger charge is -2.28. The maximum atomic E-state index is 10.2. The summed E-state index contributed by atoms with van der Waals surface area (Å²) in [6, 6.07) is 7.33. The molecule has 1 aromatic rings. The number of aliphatic hydroxyl groups excluding tert-OH is 1. The first kappa shape index (κ1) is 18.3. The van der Waals surface area contributed by atoms with Crippen LogP contribution in [0.1, 0.15) is 27.7 Å². The molecule has 4 heteroatoms. The Morgan fingerprint density at radius 1 is 1.05 bits per heavy atom. The SMILES string of the molecule is CC(C)CN(CC(C)C)C[C@@H](O)COc1ccccc1Cl. The van der Waals surface area contributed by atoms with Crippen LogP contribution >= 0.6 is 11.6 Å². The van der Waals surface area contributed by atoms with Crippen LogP contribution in [0.5, 0.6) is 5.75 Å². The summed E-state index contributed by atoms with van der Waals surface area (Å²) in [5, 5.41) is 10.8. The number of rotatable bonds is 9. The molecular formula is C17H28ClNO2. The first-order chi connectivity index (χ1) is 9.88. The molecule has 0 aromatic heterocycles. The number of hydrogen-bond acceptors (Lipinski definition) is 3. The summed E-state index contributed by atoms with van der Waals surface area (Å²) < 4.78 is 5.60. The Morgan fingerprint density at radius 3 is 2.14 bits per heavy atom. The number of hydrogen-bond donors (Lipinski definition) is 1. The van der Waals surface area contributed by atoms with Crippen molar-refractivity contribution in [2.75, 3.05) is 26.2 Å². The summed E-state index contributed by atoms with van der Waals surface area (Å²) in [6.45, 7) is 11.6. The largest absolute Gasteiger partial charge is 0.489 e. The van der Waals surface area contributed by atoms with Crippen LogP contribution in [0.15, 0.2) is 24.3 Å². The van der Waals surface area contributed by atoms with E-state index in [1.807, 2.05) is 18.2 Å². The molecule has 0 aliphatic carbocycles. The molecule has 1 atom stereocenters. The zero-order valence-corrected chi connectivity index (χ0v) is 14.3. The van der Waals surface area contributed by atoms with Crippen LogP contribution in [-0.4, -0.2) is 42.4 Å². The molecule has 0 aliphatic heterocycles. The van der Waals surface area contributed by atoms with Crippen molar-refractivity contribution >= 4 is 11.6 Å². The summed E-state index contributed by atoms with van der Waals surface area (Å²) in [5.41, 5.74) is 0. The third-order valence-electron chi connectivity index (χ3n) is 2.98. The lowest BCUT2D eigenvalue weighted by atomic mass is 10.1. The Labute approximate surface area is 133 Å². The molecule has 21 heavy (non-hydrogen) atoms. The molecule has 0 amide bonds. The minimum absolute atomic E-state index is 0.260. The van der Waals surface area contributed by atoms with Gasteiger partial charge in [0.15, 0.2) is 0 Å². The lowest BCUT2D eigenvalue weighted by Crippen LogP contribution is -2.39. The fraction of sp³-hybridized carbons (Fsp3) is 0.647. The van der Waals surface area contributed by atoms with Crippen molar-refractivity contribution in [2.45, 2.75) is 33.8 Å². The van der Waals surface area contributed by atoms with Crippen molar-refractivity contribution in [3.8, 4) is 5.75 Å². The quantitative estimate of drug-likeness (QED) is 0.754. The number of halogens is 1. The first-order valence-electron chi connectivity index (χ1n) is 7.66. The van der Waals surface area contributed by atoms with Crippen LogP contribution in [-0.2, 0) is 0 Å². The van der Waals surface area contributed by atoms with Gasteiger partial charge in [-0.3, -0.25) is 0 Å². The normalized spacial score (nSPS) is 13.2. The minimum atomic E-state index is -0.515. The van der Waals surface area contributed by atoms with Gasteiger partial charge >= 0.3 is 0 Å². The average Bonchev–Trinajstić information content (AvgIpc) is 2.36. The van der Waals surface area contributed by atoms with Crippen LogP contribution in [0.3, 0.4) is 0 Å². The average molecular weight is 314 g/mol. The highest BCUT2D eigenvalue weighted by atomic mass is 35.5. The van der Waals surface area contributed by atoms with Gasteiger partial charge in [0.1, 0.15) is 18.5 Å². The molecule has 0 unspecified atom stereocenters. The predicted molar refractivity (Wildman–Crippen MR) is 89.1 cm³/mol. The van der Waals surface area contributed by atoms with Gasteiger partial charge in [-0.2, -0.15) is 0 Å². The van der Waals surface area contributed by atoms with E-state index < -0.39 is 6.10 Å². The molecule has 0 heterocycles. The third kappa shape index (κ3) is 7.70.